The van der Waals surface area contributed by atoms with Gasteiger partial charge in [0.25, 0.3) is 0 Å². The zero-order valence-electron chi connectivity index (χ0n) is 11.1. The first-order valence-electron chi connectivity index (χ1n) is 6.46. The van der Waals surface area contributed by atoms with Crippen molar-refractivity contribution in [1.29, 1.82) is 0 Å². The normalized spacial score (nSPS) is 11.0. The number of fused-ring (bicyclic) bond motifs is 1. The van der Waals surface area contributed by atoms with Gasteiger partial charge < -0.3 is 14.5 Å². The fourth-order valence-corrected chi connectivity index (χ4v) is 2.12. The molecule has 2 aromatic carbocycles. The minimum absolute atomic E-state index is 0.143. The lowest BCUT2D eigenvalue weighted by molar-refractivity contribution is -0.0498. The van der Waals surface area contributed by atoms with E-state index >= 15 is 0 Å². The monoisotopic (exact) mass is 289 g/mol. The summed E-state index contributed by atoms with van der Waals surface area (Å²) in [6.07, 6.45) is 1.71. The zero-order chi connectivity index (χ0) is 14.7. The van der Waals surface area contributed by atoms with Gasteiger partial charge in [-0.15, -0.1) is 0 Å². The van der Waals surface area contributed by atoms with E-state index in [0.29, 0.717) is 6.54 Å². The summed E-state index contributed by atoms with van der Waals surface area (Å²) >= 11 is 0. The largest absolute Gasteiger partial charge is 0.464 e. The van der Waals surface area contributed by atoms with Crippen molar-refractivity contribution in [2.24, 2.45) is 0 Å². The molecule has 3 aromatic rings. The maximum atomic E-state index is 12.1. The van der Waals surface area contributed by atoms with Crippen LogP contribution in [0.2, 0.25) is 0 Å². The van der Waals surface area contributed by atoms with Crippen LogP contribution in [0.1, 0.15) is 5.56 Å². The second kappa shape index (κ2) is 5.83. The molecule has 108 valence electrons. The average molecular weight is 289 g/mol. The van der Waals surface area contributed by atoms with Gasteiger partial charge in [-0.3, -0.25) is 0 Å². The molecule has 1 N–H and O–H groups in total. The molecule has 1 aromatic heterocycles. The summed E-state index contributed by atoms with van der Waals surface area (Å²) in [5, 5.41) is 4.27. The molecule has 1 heterocycles. The van der Waals surface area contributed by atoms with E-state index in [1.54, 1.807) is 18.4 Å². The predicted octanol–water partition coefficient (Wildman–Crippen LogP) is 4.65. The quantitative estimate of drug-likeness (QED) is 0.742. The number of anilines is 1. The summed E-state index contributed by atoms with van der Waals surface area (Å²) in [6, 6.07) is 14.2. The van der Waals surface area contributed by atoms with E-state index in [2.05, 4.69) is 10.1 Å². The second-order valence-corrected chi connectivity index (χ2v) is 4.51. The van der Waals surface area contributed by atoms with Gasteiger partial charge >= 0.3 is 6.61 Å². The van der Waals surface area contributed by atoms with Crippen LogP contribution in [0.3, 0.4) is 0 Å². The van der Waals surface area contributed by atoms with E-state index in [4.69, 9.17) is 4.42 Å². The first kappa shape index (κ1) is 13.4. The number of halogens is 2. The van der Waals surface area contributed by atoms with E-state index in [1.807, 2.05) is 24.3 Å². The molecule has 3 nitrogen and oxygen atoms in total. The van der Waals surface area contributed by atoms with Gasteiger partial charge in [0.2, 0.25) is 0 Å². The number of rotatable bonds is 5. The van der Waals surface area contributed by atoms with Crippen molar-refractivity contribution in [3.63, 3.8) is 0 Å². The molecule has 0 unspecified atom stereocenters. The van der Waals surface area contributed by atoms with Crippen LogP contribution in [0.5, 0.6) is 5.75 Å². The van der Waals surface area contributed by atoms with Crippen molar-refractivity contribution in [2.45, 2.75) is 13.2 Å². The summed E-state index contributed by atoms with van der Waals surface area (Å²) in [5.74, 6) is 0.143. The first-order chi connectivity index (χ1) is 10.2. The van der Waals surface area contributed by atoms with Gasteiger partial charge in [0.15, 0.2) is 0 Å². The molecule has 0 atom stereocenters. The highest BCUT2D eigenvalue weighted by Gasteiger charge is 2.06. The van der Waals surface area contributed by atoms with Crippen LogP contribution in [0.4, 0.5) is 14.5 Å². The molecule has 0 saturated heterocycles. The lowest BCUT2D eigenvalue weighted by Gasteiger charge is -2.07. The third kappa shape index (κ3) is 3.13. The van der Waals surface area contributed by atoms with E-state index in [-0.39, 0.29) is 5.75 Å². The van der Waals surface area contributed by atoms with Crippen molar-refractivity contribution in [3.05, 3.63) is 60.4 Å². The smallest absolute Gasteiger partial charge is 0.387 e. The number of ether oxygens (including phenoxy) is 1. The van der Waals surface area contributed by atoms with E-state index in [1.165, 1.54) is 12.1 Å². The maximum absolute atomic E-state index is 12.1. The first-order valence-corrected chi connectivity index (χ1v) is 6.46. The van der Waals surface area contributed by atoms with Crippen LogP contribution in [0.15, 0.2) is 59.2 Å². The number of hydrogen-bond donors (Lipinski definition) is 1. The number of benzene rings is 2. The maximum Gasteiger partial charge on any atom is 0.387 e. The van der Waals surface area contributed by atoms with E-state index in [9.17, 15) is 8.78 Å². The van der Waals surface area contributed by atoms with Crippen molar-refractivity contribution < 1.29 is 17.9 Å². The van der Waals surface area contributed by atoms with Crippen LogP contribution >= 0.6 is 0 Å². The van der Waals surface area contributed by atoms with Crippen molar-refractivity contribution in [1.82, 2.24) is 0 Å². The molecular formula is C16H13F2NO2. The SMILES string of the molecule is FC(F)Oc1ccc(NCc2coc3ccccc23)cc1. The predicted molar refractivity (Wildman–Crippen MR) is 76.6 cm³/mol. The van der Waals surface area contributed by atoms with Gasteiger partial charge in [-0.05, 0) is 30.3 Å². The van der Waals surface area contributed by atoms with E-state index < -0.39 is 6.61 Å². The topological polar surface area (TPSA) is 34.4 Å². The standard InChI is InChI=1S/C16H13F2NO2/c17-16(18)21-13-7-5-12(6-8-13)19-9-11-10-20-15-4-2-1-3-14(11)15/h1-8,10,16,19H,9H2. The molecule has 0 aliphatic heterocycles. The van der Waals surface area contributed by atoms with Crippen LogP contribution < -0.4 is 10.1 Å². The number of hydrogen-bond acceptors (Lipinski definition) is 3. The Morgan fingerprint density at radius 2 is 1.81 bits per heavy atom. The number of alkyl halides is 2. The number of para-hydroxylation sites is 1. The third-order valence-corrected chi connectivity index (χ3v) is 3.12. The Balaban J connectivity index is 1.67. The molecule has 0 spiro atoms. The highest BCUT2D eigenvalue weighted by molar-refractivity contribution is 5.81. The highest BCUT2D eigenvalue weighted by Crippen LogP contribution is 2.22. The lowest BCUT2D eigenvalue weighted by atomic mass is 10.2. The molecule has 0 fully saturated rings. The summed E-state index contributed by atoms with van der Waals surface area (Å²) in [5.41, 5.74) is 2.70. The molecule has 0 aliphatic carbocycles. The minimum atomic E-state index is -2.80. The Morgan fingerprint density at radius 3 is 2.57 bits per heavy atom. The molecular weight excluding hydrogens is 276 g/mol. The Bertz CT molecular complexity index is 722. The Hall–Kier alpha value is -2.56. The Labute approximate surface area is 120 Å². The van der Waals surface area contributed by atoms with Gasteiger partial charge in [-0.1, -0.05) is 18.2 Å². The third-order valence-electron chi connectivity index (χ3n) is 3.12. The summed E-state index contributed by atoms with van der Waals surface area (Å²) in [4.78, 5) is 0. The lowest BCUT2D eigenvalue weighted by Crippen LogP contribution is -2.02. The van der Waals surface area contributed by atoms with Crippen LogP contribution in [0, 0.1) is 0 Å². The van der Waals surface area contributed by atoms with Crippen LogP contribution in [0.25, 0.3) is 11.0 Å². The van der Waals surface area contributed by atoms with Crippen molar-refractivity contribution in [3.8, 4) is 5.75 Å². The minimum Gasteiger partial charge on any atom is -0.464 e. The van der Waals surface area contributed by atoms with E-state index in [0.717, 1.165) is 22.2 Å². The highest BCUT2D eigenvalue weighted by atomic mass is 19.3. The van der Waals surface area contributed by atoms with Gasteiger partial charge in [0, 0.05) is 23.2 Å². The second-order valence-electron chi connectivity index (χ2n) is 4.51. The molecule has 0 saturated carbocycles. The van der Waals surface area contributed by atoms with Crippen LogP contribution in [-0.2, 0) is 6.54 Å². The van der Waals surface area contributed by atoms with Crippen molar-refractivity contribution >= 4 is 16.7 Å². The van der Waals surface area contributed by atoms with Gasteiger partial charge in [-0.2, -0.15) is 8.78 Å². The van der Waals surface area contributed by atoms with Gasteiger partial charge in [0.05, 0.1) is 6.26 Å². The fourth-order valence-electron chi connectivity index (χ4n) is 2.12. The summed E-state index contributed by atoms with van der Waals surface area (Å²) in [7, 11) is 0. The van der Waals surface area contributed by atoms with Crippen molar-refractivity contribution in [2.75, 3.05) is 5.32 Å². The molecule has 21 heavy (non-hydrogen) atoms. The Kier molecular flexibility index (Phi) is 3.73. The molecule has 0 aliphatic rings. The zero-order valence-corrected chi connectivity index (χ0v) is 11.1. The number of nitrogens with one attached hydrogen (secondary N) is 1. The molecule has 0 amide bonds. The Morgan fingerprint density at radius 1 is 1.05 bits per heavy atom. The van der Waals surface area contributed by atoms with Gasteiger partial charge in [-0.25, -0.2) is 0 Å². The average Bonchev–Trinajstić information content (AvgIpc) is 2.89. The molecule has 0 radical (unpaired) electrons. The summed E-state index contributed by atoms with van der Waals surface area (Å²) < 4.78 is 33.9. The fraction of sp³-hybridized carbons (Fsp3) is 0.125. The molecule has 0 bridgehead atoms. The summed E-state index contributed by atoms with van der Waals surface area (Å²) in [6.45, 7) is -2.22. The van der Waals surface area contributed by atoms with Gasteiger partial charge in [0.1, 0.15) is 11.3 Å². The number of furan rings is 1. The molecule has 5 heteroatoms. The van der Waals surface area contributed by atoms with Crippen LogP contribution in [-0.4, -0.2) is 6.61 Å². The molecule has 3 rings (SSSR count).